The van der Waals surface area contributed by atoms with Crippen molar-refractivity contribution in [2.24, 2.45) is 0 Å². The maximum Gasteiger partial charge on any atom is 0.262 e. The van der Waals surface area contributed by atoms with Gasteiger partial charge in [-0.15, -0.1) is 11.3 Å². The Morgan fingerprint density at radius 3 is 2.81 bits per heavy atom. The summed E-state index contributed by atoms with van der Waals surface area (Å²) in [6, 6.07) is 1.98. The quantitative estimate of drug-likeness (QED) is 0.624. The van der Waals surface area contributed by atoms with E-state index in [9.17, 15) is 4.79 Å². The number of rotatable bonds is 3. The highest BCUT2D eigenvalue weighted by molar-refractivity contribution is 7.98. The molecule has 16 heavy (non-hydrogen) atoms. The number of hydrogen-bond acceptors (Lipinski definition) is 4. The lowest BCUT2D eigenvalue weighted by molar-refractivity contribution is 0.636. The molecule has 0 aliphatic rings. The van der Waals surface area contributed by atoms with Crippen molar-refractivity contribution in [3.05, 3.63) is 21.3 Å². The molecule has 0 bridgehead atoms. The van der Waals surface area contributed by atoms with Crippen molar-refractivity contribution in [3.63, 3.8) is 0 Å². The van der Waals surface area contributed by atoms with Crippen molar-refractivity contribution in [3.8, 4) is 0 Å². The second-order valence-electron chi connectivity index (χ2n) is 3.43. The minimum atomic E-state index is 0.0906. The molecule has 0 aromatic carbocycles. The fourth-order valence-electron chi connectivity index (χ4n) is 1.66. The molecule has 0 aliphatic heterocycles. The SMILES string of the molecule is CCc1cc2c(=O)n(CC)c(SC)nc2s1. The van der Waals surface area contributed by atoms with Crippen molar-refractivity contribution in [1.29, 1.82) is 0 Å². The van der Waals surface area contributed by atoms with E-state index in [2.05, 4.69) is 11.9 Å². The second kappa shape index (κ2) is 4.59. The second-order valence-corrected chi connectivity index (χ2v) is 5.32. The summed E-state index contributed by atoms with van der Waals surface area (Å²) in [5.41, 5.74) is 0.0906. The predicted molar refractivity (Wildman–Crippen MR) is 70.7 cm³/mol. The molecule has 2 aromatic rings. The van der Waals surface area contributed by atoms with E-state index >= 15 is 0 Å². The van der Waals surface area contributed by atoms with Crippen LogP contribution >= 0.6 is 23.1 Å². The third kappa shape index (κ3) is 1.78. The minimum absolute atomic E-state index is 0.0906. The smallest absolute Gasteiger partial charge is 0.262 e. The van der Waals surface area contributed by atoms with E-state index in [1.165, 1.54) is 16.6 Å². The summed E-state index contributed by atoms with van der Waals surface area (Å²) >= 11 is 3.15. The molecule has 0 fully saturated rings. The van der Waals surface area contributed by atoms with Gasteiger partial charge in [0.2, 0.25) is 0 Å². The van der Waals surface area contributed by atoms with Crippen molar-refractivity contribution in [1.82, 2.24) is 9.55 Å². The highest BCUT2D eigenvalue weighted by atomic mass is 32.2. The van der Waals surface area contributed by atoms with Gasteiger partial charge in [0.1, 0.15) is 4.83 Å². The van der Waals surface area contributed by atoms with Gasteiger partial charge in [-0.3, -0.25) is 9.36 Å². The summed E-state index contributed by atoms with van der Waals surface area (Å²) in [6.07, 6.45) is 2.91. The first-order valence-corrected chi connectivity index (χ1v) is 7.32. The van der Waals surface area contributed by atoms with Gasteiger partial charge in [-0.05, 0) is 25.7 Å². The minimum Gasteiger partial charge on any atom is -0.287 e. The van der Waals surface area contributed by atoms with Crippen LogP contribution in [0.4, 0.5) is 0 Å². The molecule has 0 atom stereocenters. The Morgan fingerprint density at radius 2 is 2.25 bits per heavy atom. The average Bonchev–Trinajstić information content (AvgIpc) is 2.72. The van der Waals surface area contributed by atoms with Crippen LogP contribution in [0.25, 0.3) is 10.2 Å². The molecule has 0 spiro atoms. The van der Waals surface area contributed by atoms with Crippen molar-refractivity contribution in [2.75, 3.05) is 6.26 Å². The van der Waals surface area contributed by atoms with Gasteiger partial charge in [-0.25, -0.2) is 4.98 Å². The average molecular weight is 254 g/mol. The number of thioether (sulfide) groups is 1. The first-order chi connectivity index (χ1) is 7.71. The Labute approximate surface area is 103 Å². The summed E-state index contributed by atoms with van der Waals surface area (Å²) in [5.74, 6) is 0. The fraction of sp³-hybridized carbons (Fsp3) is 0.455. The van der Waals surface area contributed by atoms with E-state index in [4.69, 9.17) is 0 Å². The molecule has 0 saturated carbocycles. The molecule has 5 heteroatoms. The van der Waals surface area contributed by atoms with E-state index in [1.807, 2.05) is 19.2 Å². The first kappa shape index (κ1) is 11.7. The number of thiophene rings is 1. The van der Waals surface area contributed by atoms with Gasteiger partial charge >= 0.3 is 0 Å². The predicted octanol–water partition coefficient (Wildman–Crippen LogP) is 2.76. The van der Waals surface area contributed by atoms with Gasteiger partial charge in [-0.2, -0.15) is 0 Å². The van der Waals surface area contributed by atoms with Crippen molar-refractivity contribution < 1.29 is 0 Å². The van der Waals surface area contributed by atoms with Crippen LogP contribution in [-0.2, 0) is 13.0 Å². The molecule has 0 amide bonds. The molecule has 0 N–H and O–H groups in total. The molecule has 0 unspecified atom stereocenters. The van der Waals surface area contributed by atoms with Crippen molar-refractivity contribution in [2.45, 2.75) is 32.0 Å². The molecule has 2 heterocycles. The lowest BCUT2D eigenvalue weighted by Gasteiger charge is -2.06. The fourth-order valence-corrected chi connectivity index (χ4v) is 3.29. The third-order valence-corrected chi connectivity index (χ3v) is 4.36. The lowest BCUT2D eigenvalue weighted by atomic mass is 10.3. The molecule has 86 valence electrons. The Balaban J connectivity index is 2.79. The molecular weight excluding hydrogens is 240 g/mol. The zero-order chi connectivity index (χ0) is 11.7. The Kier molecular flexibility index (Phi) is 3.35. The third-order valence-electron chi connectivity index (χ3n) is 2.51. The van der Waals surface area contributed by atoms with E-state index in [0.29, 0.717) is 6.54 Å². The van der Waals surface area contributed by atoms with Crippen LogP contribution in [0.1, 0.15) is 18.7 Å². The van der Waals surface area contributed by atoms with Crippen LogP contribution in [0.15, 0.2) is 16.0 Å². The molecule has 2 aromatic heterocycles. The summed E-state index contributed by atoms with van der Waals surface area (Å²) in [5, 5.41) is 1.58. The summed E-state index contributed by atoms with van der Waals surface area (Å²) in [4.78, 5) is 18.8. The Bertz CT molecular complexity index is 571. The van der Waals surface area contributed by atoms with Crippen LogP contribution in [0, 0.1) is 0 Å². The number of aromatic nitrogens is 2. The van der Waals surface area contributed by atoms with Gasteiger partial charge in [0.25, 0.3) is 5.56 Å². The normalized spacial score (nSPS) is 11.2. The van der Waals surface area contributed by atoms with Gasteiger partial charge < -0.3 is 0 Å². The number of nitrogens with zero attached hydrogens (tertiary/aromatic N) is 2. The van der Waals surface area contributed by atoms with Crippen LogP contribution in [-0.4, -0.2) is 15.8 Å². The number of hydrogen-bond donors (Lipinski definition) is 0. The topological polar surface area (TPSA) is 34.9 Å². The van der Waals surface area contributed by atoms with Crippen LogP contribution in [0.2, 0.25) is 0 Å². The Hall–Kier alpha value is -0.810. The van der Waals surface area contributed by atoms with Gasteiger partial charge in [-0.1, -0.05) is 18.7 Å². The van der Waals surface area contributed by atoms with Crippen molar-refractivity contribution >= 4 is 33.3 Å². The maximum absolute atomic E-state index is 12.2. The zero-order valence-electron chi connectivity index (χ0n) is 9.61. The van der Waals surface area contributed by atoms with E-state index in [0.717, 1.165) is 21.8 Å². The standard InChI is InChI=1S/C11H14N2OS2/c1-4-7-6-8-9(16-7)12-11(15-3)13(5-2)10(8)14/h6H,4-5H2,1-3H3. The highest BCUT2D eigenvalue weighted by Crippen LogP contribution is 2.24. The van der Waals surface area contributed by atoms with Crippen LogP contribution in [0.5, 0.6) is 0 Å². The van der Waals surface area contributed by atoms with Gasteiger partial charge in [0.15, 0.2) is 5.16 Å². The summed E-state index contributed by atoms with van der Waals surface area (Å²) in [7, 11) is 0. The molecule has 0 saturated heterocycles. The van der Waals surface area contributed by atoms with E-state index in [-0.39, 0.29) is 5.56 Å². The maximum atomic E-state index is 12.2. The molecular formula is C11H14N2OS2. The summed E-state index contributed by atoms with van der Waals surface area (Å²) in [6.45, 7) is 4.75. The summed E-state index contributed by atoms with van der Waals surface area (Å²) < 4.78 is 1.74. The van der Waals surface area contributed by atoms with Gasteiger partial charge in [0, 0.05) is 11.4 Å². The number of aryl methyl sites for hydroxylation is 1. The largest absolute Gasteiger partial charge is 0.287 e. The van der Waals surface area contributed by atoms with E-state index < -0.39 is 0 Å². The highest BCUT2D eigenvalue weighted by Gasteiger charge is 2.11. The first-order valence-electron chi connectivity index (χ1n) is 5.28. The zero-order valence-corrected chi connectivity index (χ0v) is 11.2. The molecule has 0 aliphatic carbocycles. The van der Waals surface area contributed by atoms with Gasteiger partial charge in [0.05, 0.1) is 5.39 Å². The molecule has 2 rings (SSSR count). The molecule has 3 nitrogen and oxygen atoms in total. The number of fused-ring (bicyclic) bond motifs is 1. The van der Waals surface area contributed by atoms with Crippen LogP contribution < -0.4 is 5.56 Å². The van der Waals surface area contributed by atoms with E-state index in [1.54, 1.807) is 15.9 Å². The monoisotopic (exact) mass is 254 g/mol. The lowest BCUT2D eigenvalue weighted by Crippen LogP contribution is -2.21. The van der Waals surface area contributed by atoms with Crippen LogP contribution in [0.3, 0.4) is 0 Å². The Morgan fingerprint density at radius 1 is 1.50 bits per heavy atom. The molecule has 0 radical (unpaired) electrons.